The van der Waals surface area contributed by atoms with Crippen molar-refractivity contribution in [2.24, 2.45) is 11.4 Å². The van der Waals surface area contributed by atoms with Gasteiger partial charge in [0.25, 0.3) is 11.7 Å². The van der Waals surface area contributed by atoms with Crippen molar-refractivity contribution in [1.82, 2.24) is 34.3 Å². The van der Waals surface area contributed by atoms with Gasteiger partial charge >= 0.3 is 5.91 Å². The van der Waals surface area contributed by atoms with E-state index in [4.69, 9.17) is 0 Å². The van der Waals surface area contributed by atoms with Crippen LogP contribution in [-0.2, 0) is 16.8 Å². The van der Waals surface area contributed by atoms with Crippen molar-refractivity contribution in [2.75, 3.05) is 19.3 Å². The molecule has 1 saturated heterocycles. The first-order chi connectivity index (χ1) is 14.2. The van der Waals surface area contributed by atoms with Crippen LogP contribution >= 0.6 is 0 Å². The van der Waals surface area contributed by atoms with Crippen molar-refractivity contribution in [2.45, 2.75) is 25.0 Å². The average Bonchev–Trinajstić information content (AvgIpc) is 3.35. The van der Waals surface area contributed by atoms with Gasteiger partial charge in [-0.05, 0) is 31.9 Å². The lowest BCUT2D eigenvalue weighted by Gasteiger charge is -2.31. The van der Waals surface area contributed by atoms with Crippen LogP contribution in [0.1, 0.15) is 39.5 Å². The summed E-state index contributed by atoms with van der Waals surface area (Å²) in [6.07, 6.45) is 5.52. The zero-order valence-corrected chi connectivity index (χ0v) is 17.7. The molecule has 11 nitrogen and oxygen atoms in total. The maximum absolute atomic E-state index is 13.3. The van der Waals surface area contributed by atoms with E-state index in [2.05, 4.69) is 24.5 Å². The number of aryl methyl sites for hydroxylation is 2. The van der Waals surface area contributed by atoms with E-state index in [0.717, 1.165) is 0 Å². The summed E-state index contributed by atoms with van der Waals surface area (Å²) >= 11 is 0. The molecule has 1 fully saturated rings. The highest BCUT2D eigenvalue weighted by atomic mass is 32.2. The number of carbonyl (C=O) groups excluding carboxylic acids is 2. The van der Waals surface area contributed by atoms with E-state index in [0.29, 0.717) is 37.3 Å². The molecule has 4 heterocycles. The fourth-order valence-electron chi connectivity index (χ4n) is 3.56. The summed E-state index contributed by atoms with van der Waals surface area (Å²) in [5.41, 5.74) is 1.16. The Kier molecular flexibility index (Phi) is 5.10. The van der Waals surface area contributed by atoms with E-state index in [9.17, 15) is 13.8 Å². The van der Waals surface area contributed by atoms with Gasteiger partial charge in [0.2, 0.25) is 0 Å². The van der Waals surface area contributed by atoms with Crippen LogP contribution in [0.3, 0.4) is 0 Å². The minimum Gasteiger partial charge on any atom is -0.337 e. The summed E-state index contributed by atoms with van der Waals surface area (Å²) in [5, 5.41) is 7.85. The molecule has 0 aromatic carbocycles. The molecule has 30 heavy (non-hydrogen) atoms. The second-order valence-corrected chi connectivity index (χ2v) is 9.95. The third kappa shape index (κ3) is 3.82. The van der Waals surface area contributed by atoms with E-state index < -0.39 is 15.6 Å². The van der Waals surface area contributed by atoms with E-state index in [1.807, 2.05) is 0 Å². The molecule has 0 N–H and O–H groups in total. The SMILES string of the molecule is Cc1cc(C(=O)N=S(C)(=O)C2CCN(C(=O)c3ccn(C)n3)CC2)n2ncnc2n1. The van der Waals surface area contributed by atoms with Crippen LogP contribution in [0.4, 0.5) is 0 Å². The maximum Gasteiger partial charge on any atom is 0.303 e. The highest BCUT2D eigenvalue weighted by molar-refractivity contribution is 7.93. The van der Waals surface area contributed by atoms with Gasteiger partial charge in [-0.15, -0.1) is 0 Å². The molecule has 0 radical (unpaired) electrons. The molecule has 0 saturated carbocycles. The van der Waals surface area contributed by atoms with Crippen LogP contribution in [0.25, 0.3) is 5.78 Å². The first-order valence-corrected chi connectivity index (χ1v) is 11.4. The summed E-state index contributed by atoms with van der Waals surface area (Å²) in [7, 11) is -1.06. The zero-order valence-electron chi connectivity index (χ0n) is 16.9. The zero-order chi connectivity index (χ0) is 21.5. The topological polar surface area (TPSA) is 128 Å². The molecule has 0 spiro atoms. The Hall–Kier alpha value is -3.15. The highest BCUT2D eigenvalue weighted by Crippen LogP contribution is 2.21. The first kappa shape index (κ1) is 20.1. The van der Waals surface area contributed by atoms with Crippen LogP contribution in [0, 0.1) is 6.92 Å². The molecular formula is C18H22N8O3S. The molecule has 4 rings (SSSR count). The summed E-state index contributed by atoms with van der Waals surface area (Å²) in [5.74, 6) is -0.474. The Morgan fingerprint density at radius 1 is 1.27 bits per heavy atom. The number of piperidine rings is 1. The number of nitrogens with zero attached hydrogens (tertiary/aromatic N) is 8. The quantitative estimate of drug-likeness (QED) is 0.598. The van der Waals surface area contributed by atoms with Crippen molar-refractivity contribution in [3.8, 4) is 0 Å². The van der Waals surface area contributed by atoms with E-state index in [-0.39, 0.29) is 22.6 Å². The van der Waals surface area contributed by atoms with Crippen LogP contribution in [0.15, 0.2) is 29.0 Å². The van der Waals surface area contributed by atoms with Crippen molar-refractivity contribution in [3.05, 3.63) is 41.7 Å². The number of likely N-dealkylation sites (tertiary alicyclic amines) is 1. The van der Waals surface area contributed by atoms with E-state index >= 15 is 0 Å². The largest absolute Gasteiger partial charge is 0.337 e. The third-order valence-electron chi connectivity index (χ3n) is 5.14. The highest BCUT2D eigenvalue weighted by Gasteiger charge is 2.30. The number of hydrogen-bond donors (Lipinski definition) is 0. The Morgan fingerprint density at radius 3 is 2.67 bits per heavy atom. The van der Waals surface area contributed by atoms with Crippen molar-refractivity contribution < 1.29 is 13.8 Å². The summed E-state index contributed by atoms with van der Waals surface area (Å²) in [6.45, 7) is 2.62. The number of fused-ring (bicyclic) bond motifs is 1. The molecule has 12 heteroatoms. The molecule has 1 unspecified atom stereocenters. The van der Waals surface area contributed by atoms with Gasteiger partial charge in [0.1, 0.15) is 17.7 Å². The Balaban J connectivity index is 1.50. The van der Waals surface area contributed by atoms with E-state index in [1.165, 1.54) is 17.1 Å². The molecule has 2 amide bonds. The summed E-state index contributed by atoms with van der Waals surface area (Å²) < 4.78 is 20.2. The van der Waals surface area contributed by atoms with Gasteiger partial charge in [-0.2, -0.15) is 24.1 Å². The first-order valence-electron chi connectivity index (χ1n) is 9.46. The molecule has 1 aliphatic heterocycles. The van der Waals surface area contributed by atoms with E-state index in [1.54, 1.807) is 41.9 Å². The van der Waals surface area contributed by atoms with Crippen molar-refractivity contribution in [1.29, 1.82) is 0 Å². The fourth-order valence-corrected chi connectivity index (χ4v) is 5.21. The Bertz CT molecular complexity index is 1250. The Morgan fingerprint density at radius 2 is 2.00 bits per heavy atom. The monoisotopic (exact) mass is 430 g/mol. The number of amides is 2. The summed E-state index contributed by atoms with van der Waals surface area (Å²) in [6, 6.07) is 3.23. The normalized spacial score (nSPS) is 17.1. The van der Waals surface area contributed by atoms with Crippen LogP contribution < -0.4 is 0 Å². The minimum absolute atomic E-state index is 0.148. The molecule has 0 bridgehead atoms. The molecule has 1 atom stereocenters. The lowest BCUT2D eigenvalue weighted by atomic mass is 10.1. The second-order valence-electron chi connectivity index (χ2n) is 7.38. The smallest absolute Gasteiger partial charge is 0.303 e. The minimum atomic E-state index is -2.82. The van der Waals surface area contributed by atoms with Crippen molar-refractivity contribution in [3.63, 3.8) is 0 Å². The molecule has 3 aromatic rings. The molecule has 0 aliphatic carbocycles. The maximum atomic E-state index is 13.3. The Labute approximate surface area is 173 Å². The van der Waals surface area contributed by atoms with Gasteiger partial charge in [-0.3, -0.25) is 14.3 Å². The number of hydrogen-bond acceptors (Lipinski definition) is 7. The van der Waals surface area contributed by atoms with Gasteiger partial charge in [0.05, 0.1) is 9.73 Å². The van der Waals surface area contributed by atoms with Gasteiger partial charge in [-0.25, -0.2) is 9.19 Å². The fraction of sp³-hybridized carbons (Fsp3) is 0.444. The van der Waals surface area contributed by atoms with Gasteiger partial charge in [-0.1, -0.05) is 0 Å². The van der Waals surface area contributed by atoms with Crippen molar-refractivity contribution >= 4 is 27.3 Å². The lowest BCUT2D eigenvalue weighted by Crippen LogP contribution is -2.42. The molecule has 1 aliphatic rings. The number of carbonyl (C=O) groups is 2. The average molecular weight is 430 g/mol. The lowest BCUT2D eigenvalue weighted by molar-refractivity contribution is 0.0719. The van der Waals surface area contributed by atoms with Crippen LogP contribution in [-0.4, -0.2) is 74.9 Å². The number of aromatic nitrogens is 6. The van der Waals surface area contributed by atoms with Crippen LogP contribution in [0.5, 0.6) is 0 Å². The molecular weight excluding hydrogens is 408 g/mol. The molecule has 158 valence electrons. The van der Waals surface area contributed by atoms with Crippen LogP contribution in [0.2, 0.25) is 0 Å². The predicted molar refractivity (Wildman–Crippen MR) is 108 cm³/mol. The van der Waals surface area contributed by atoms with Gasteiger partial charge < -0.3 is 4.90 Å². The van der Waals surface area contributed by atoms with Gasteiger partial charge in [0, 0.05) is 43.5 Å². The number of rotatable bonds is 3. The third-order valence-corrected chi connectivity index (χ3v) is 7.38. The summed E-state index contributed by atoms with van der Waals surface area (Å²) in [4.78, 5) is 35.2. The standard InChI is InChI=1S/C18H22N8O3S/c1-12-10-15(26-18(21-12)19-11-20-26)16(27)23-30(3,29)13-4-8-25(9-5-13)17(28)14-6-7-24(2)22-14/h6-7,10-11,13H,4-5,8-9H2,1-3H3. The second kappa shape index (κ2) is 7.59. The molecule has 3 aromatic heterocycles. The predicted octanol–water partition coefficient (Wildman–Crippen LogP) is 0.709. The van der Waals surface area contributed by atoms with Gasteiger partial charge in [0.15, 0.2) is 0 Å².